The summed E-state index contributed by atoms with van der Waals surface area (Å²) in [5.41, 5.74) is -3.78. The van der Waals surface area contributed by atoms with E-state index in [1.165, 1.54) is 0 Å². The van der Waals surface area contributed by atoms with Crippen LogP contribution in [0.4, 0.5) is 22.0 Å². The molecule has 0 radical (unpaired) electrons. The molecule has 1 aromatic heterocycles. The van der Waals surface area contributed by atoms with Gasteiger partial charge in [-0.05, 0) is 17.7 Å². The van der Waals surface area contributed by atoms with Gasteiger partial charge in [0.15, 0.2) is 0 Å². The Labute approximate surface area is 111 Å². The summed E-state index contributed by atoms with van der Waals surface area (Å²) in [5.74, 6) is 0. The SMILES string of the molecule is O=C(Cl)c1cc(C(F)(F)F)nc(CBr)c1C(F)F. The maximum atomic E-state index is 12.7. The number of carbonyl (C=O) groups is 1. The first-order valence-electron chi connectivity index (χ1n) is 4.33. The van der Waals surface area contributed by atoms with Crippen LogP contribution in [0.3, 0.4) is 0 Å². The van der Waals surface area contributed by atoms with Crippen molar-refractivity contribution in [2.75, 3.05) is 0 Å². The summed E-state index contributed by atoms with van der Waals surface area (Å²) in [6.45, 7) is 0. The Bertz CT molecular complexity index is 477. The third-order valence-corrected chi connectivity index (χ3v) is 2.72. The van der Waals surface area contributed by atoms with Gasteiger partial charge in [-0.15, -0.1) is 0 Å². The molecule has 1 heterocycles. The fraction of sp³-hybridized carbons (Fsp3) is 0.333. The molecule has 0 N–H and O–H groups in total. The Morgan fingerprint density at radius 2 is 2.00 bits per heavy atom. The second-order valence-electron chi connectivity index (χ2n) is 3.12. The van der Waals surface area contributed by atoms with Gasteiger partial charge in [0, 0.05) is 10.9 Å². The second kappa shape index (κ2) is 5.48. The molecule has 9 heteroatoms. The predicted molar refractivity (Wildman–Crippen MR) is 57.0 cm³/mol. The monoisotopic (exact) mass is 351 g/mol. The van der Waals surface area contributed by atoms with Crippen molar-refractivity contribution >= 4 is 32.8 Å². The van der Waals surface area contributed by atoms with Crippen molar-refractivity contribution in [1.29, 1.82) is 0 Å². The van der Waals surface area contributed by atoms with Crippen molar-refractivity contribution in [2.24, 2.45) is 0 Å². The molecule has 0 amide bonds. The number of carbonyl (C=O) groups excluding carboxylic acids is 1. The molecule has 0 fully saturated rings. The van der Waals surface area contributed by atoms with E-state index in [4.69, 9.17) is 11.6 Å². The predicted octanol–water partition coefficient (Wildman–Crippen LogP) is 4.31. The van der Waals surface area contributed by atoms with Crippen LogP contribution in [0.5, 0.6) is 0 Å². The van der Waals surface area contributed by atoms with Gasteiger partial charge in [-0.3, -0.25) is 4.79 Å². The molecule has 0 aromatic carbocycles. The molecule has 0 unspecified atom stereocenters. The van der Waals surface area contributed by atoms with Gasteiger partial charge in [0.05, 0.1) is 11.3 Å². The van der Waals surface area contributed by atoms with Crippen molar-refractivity contribution in [3.63, 3.8) is 0 Å². The zero-order valence-electron chi connectivity index (χ0n) is 8.36. The fourth-order valence-corrected chi connectivity index (χ4v) is 1.84. The lowest BCUT2D eigenvalue weighted by Gasteiger charge is -2.13. The van der Waals surface area contributed by atoms with E-state index in [9.17, 15) is 26.7 Å². The van der Waals surface area contributed by atoms with Crippen LogP contribution in [-0.4, -0.2) is 10.2 Å². The van der Waals surface area contributed by atoms with E-state index >= 15 is 0 Å². The summed E-state index contributed by atoms with van der Waals surface area (Å²) in [6, 6.07) is 0.225. The molecule has 1 aromatic rings. The van der Waals surface area contributed by atoms with Crippen LogP contribution in [0.15, 0.2) is 6.07 Å². The first-order valence-corrected chi connectivity index (χ1v) is 5.83. The highest BCUT2D eigenvalue weighted by molar-refractivity contribution is 9.08. The lowest BCUT2D eigenvalue weighted by molar-refractivity contribution is -0.141. The average Bonchev–Trinajstić information content (AvgIpc) is 2.25. The number of pyridine rings is 1. The van der Waals surface area contributed by atoms with Gasteiger partial charge < -0.3 is 0 Å². The Balaban J connectivity index is 3.59. The smallest absolute Gasteiger partial charge is 0.276 e. The summed E-state index contributed by atoms with van der Waals surface area (Å²) in [7, 11) is 0. The van der Waals surface area contributed by atoms with E-state index in [0.29, 0.717) is 0 Å². The van der Waals surface area contributed by atoms with Crippen LogP contribution in [0.2, 0.25) is 0 Å². The zero-order valence-corrected chi connectivity index (χ0v) is 10.7. The van der Waals surface area contributed by atoms with E-state index in [-0.39, 0.29) is 11.4 Å². The van der Waals surface area contributed by atoms with E-state index in [1.807, 2.05) is 0 Å². The largest absolute Gasteiger partial charge is 0.433 e. The highest BCUT2D eigenvalue weighted by Gasteiger charge is 2.36. The number of aromatic nitrogens is 1. The maximum absolute atomic E-state index is 12.7. The van der Waals surface area contributed by atoms with E-state index in [0.717, 1.165) is 0 Å². The molecule has 0 bridgehead atoms. The second-order valence-corrected chi connectivity index (χ2v) is 4.03. The van der Waals surface area contributed by atoms with Crippen LogP contribution in [0.1, 0.15) is 33.7 Å². The molecule has 1 rings (SSSR count). The van der Waals surface area contributed by atoms with Crippen LogP contribution < -0.4 is 0 Å². The Morgan fingerprint density at radius 3 is 2.33 bits per heavy atom. The molecule has 18 heavy (non-hydrogen) atoms. The zero-order chi connectivity index (χ0) is 14.1. The van der Waals surface area contributed by atoms with Gasteiger partial charge in [-0.25, -0.2) is 13.8 Å². The fourth-order valence-electron chi connectivity index (χ4n) is 1.26. The molecular weight excluding hydrogens is 348 g/mol. The normalized spacial score (nSPS) is 12.0. The molecule has 2 nitrogen and oxygen atoms in total. The molecule has 0 saturated heterocycles. The van der Waals surface area contributed by atoms with Crippen LogP contribution in [-0.2, 0) is 11.5 Å². The van der Waals surface area contributed by atoms with Crippen LogP contribution in [0, 0.1) is 0 Å². The summed E-state index contributed by atoms with van der Waals surface area (Å²) < 4.78 is 62.8. The van der Waals surface area contributed by atoms with Crippen LogP contribution in [0.25, 0.3) is 0 Å². The number of hydrogen-bond acceptors (Lipinski definition) is 2. The standard InChI is InChI=1S/C9H4BrClF5NO/c10-2-4-6(8(12)13)3(7(11)18)1-5(17-4)9(14,15)16/h1,8H,2H2. The quantitative estimate of drug-likeness (QED) is 0.461. The van der Waals surface area contributed by atoms with Gasteiger partial charge in [0.1, 0.15) is 5.69 Å². The molecule has 0 aliphatic rings. The molecule has 0 saturated carbocycles. The number of rotatable bonds is 3. The van der Waals surface area contributed by atoms with E-state index in [1.54, 1.807) is 0 Å². The average molecular weight is 352 g/mol. The topological polar surface area (TPSA) is 30.0 Å². The van der Waals surface area contributed by atoms with Crippen LogP contribution >= 0.6 is 27.5 Å². The minimum atomic E-state index is -4.85. The molecule has 0 atom stereocenters. The molecule has 0 aliphatic carbocycles. The molecular formula is C9H4BrClF5NO. The Hall–Kier alpha value is -0.760. The molecule has 0 spiro atoms. The maximum Gasteiger partial charge on any atom is 0.433 e. The molecule has 0 aliphatic heterocycles. The van der Waals surface area contributed by atoms with Crippen molar-refractivity contribution in [3.05, 3.63) is 28.6 Å². The first kappa shape index (κ1) is 15.3. The number of hydrogen-bond donors (Lipinski definition) is 0. The lowest BCUT2D eigenvalue weighted by Crippen LogP contribution is -2.14. The Morgan fingerprint density at radius 1 is 1.44 bits per heavy atom. The lowest BCUT2D eigenvalue weighted by atomic mass is 10.1. The van der Waals surface area contributed by atoms with Crippen molar-refractivity contribution in [2.45, 2.75) is 17.9 Å². The van der Waals surface area contributed by atoms with E-state index < -0.39 is 40.4 Å². The summed E-state index contributed by atoms with van der Waals surface area (Å²) in [5, 5.41) is -1.74. The molecule has 100 valence electrons. The van der Waals surface area contributed by atoms with E-state index in [2.05, 4.69) is 20.9 Å². The summed E-state index contributed by atoms with van der Waals surface area (Å²) in [6.07, 6.45) is -8.00. The summed E-state index contributed by atoms with van der Waals surface area (Å²) >= 11 is 7.76. The highest BCUT2D eigenvalue weighted by Crippen LogP contribution is 2.34. The van der Waals surface area contributed by atoms with Crippen molar-refractivity contribution in [3.8, 4) is 0 Å². The van der Waals surface area contributed by atoms with Gasteiger partial charge in [0.25, 0.3) is 11.7 Å². The van der Waals surface area contributed by atoms with Gasteiger partial charge >= 0.3 is 6.18 Å². The summed E-state index contributed by atoms with van der Waals surface area (Å²) in [4.78, 5) is 14.0. The van der Waals surface area contributed by atoms with Gasteiger partial charge in [-0.2, -0.15) is 13.2 Å². The Kier molecular flexibility index (Phi) is 4.66. The highest BCUT2D eigenvalue weighted by atomic mass is 79.9. The van der Waals surface area contributed by atoms with Gasteiger partial charge in [0.2, 0.25) is 0 Å². The third kappa shape index (κ3) is 3.17. The van der Waals surface area contributed by atoms with Gasteiger partial charge in [-0.1, -0.05) is 15.9 Å². The third-order valence-electron chi connectivity index (χ3n) is 1.98. The van der Waals surface area contributed by atoms with Crippen molar-refractivity contribution in [1.82, 2.24) is 4.98 Å². The van der Waals surface area contributed by atoms with Crippen molar-refractivity contribution < 1.29 is 26.7 Å². The number of halogens is 7. The first-order chi connectivity index (χ1) is 8.18. The minimum Gasteiger partial charge on any atom is -0.276 e. The number of alkyl halides is 6. The number of nitrogens with zero attached hydrogens (tertiary/aromatic N) is 1. The minimum absolute atomic E-state index is 0.225.